The van der Waals surface area contributed by atoms with Gasteiger partial charge in [-0.1, -0.05) is 54.4 Å². The Bertz CT molecular complexity index is 1400. The van der Waals surface area contributed by atoms with Crippen LogP contribution in [0.25, 0.3) is 0 Å². The first-order valence-corrected chi connectivity index (χ1v) is 19.4. The molecule has 0 aromatic rings. The minimum atomic E-state index is -1.11. The van der Waals surface area contributed by atoms with Crippen molar-refractivity contribution < 1.29 is 43.0 Å². The Kier molecular flexibility index (Phi) is 13.3. The van der Waals surface area contributed by atoms with Gasteiger partial charge in [0.25, 0.3) is 5.91 Å². The van der Waals surface area contributed by atoms with Gasteiger partial charge in [0.1, 0.15) is 23.7 Å². The van der Waals surface area contributed by atoms with Crippen LogP contribution >= 0.6 is 0 Å². The highest BCUT2D eigenvalue weighted by molar-refractivity contribution is 6.38. The highest BCUT2D eigenvalue weighted by Gasteiger charge is 2.49. The number of Topliss-reactive ketones (excluding diaryl/α,β-unsaturated/α-hetero) is 1. The number of ether oxygens (including phenoxy) is 2. The molecule has 3 saturated carbocycles. The average molecular weight is 746 g/mol. The first-order chi connectivity index (χ1) is 24.5. The van der Waals surface area contributed by atoms with Crippen molar-refractivity contribution in [2.75, 3.05) is 19.7 Å². The number of nitrogens with one attached hydrogen (secondary N) is 4. The van der Waals surface area contributed by atoms with Gasteiger partial charge in [0.05, 0.1) is 19.1 Å². The number of likely N-dealkylation sites (tertiary alicyclic amines) is 1. The monoisotopic (exact) mass is 745 g/mol. The van der Waals surface area contributed by atoms with E-state index in [2.05, 4.69) is 21.3 Å². The first-order valence-electron chi connectivity index (χ1n) is 19.4. The Morgan fingerprint density at radius 2 is 1.42 bits per heavy atom. The molecule has 14 heteroatoms. The van der Waals surface area contributed by atoms with Gasteiger partial charge >= 0.3 is 18.0 Å². The molecule has 5 amide bonds. The maximum absolute atomic E-state index is 14.5. The maximum Gasteiger partial charge on any atom is 0.328 e. The number of hydrogen-bond acceptors (Lipinski definition) is 9. The summed E-state index contributed by atoms with van der Waals surface area (Å²) in [4.78, 5) is 94.9. The molecular weight excluding hydrogens is 682 g/mol. The number of hydrogen-bond donors (Lipinski definition) is 4. The van der Waals surface area contributed by atoms with E-state index in [0.717, 1.165) is 38.5 Å². The topological polar surface area (TPSA) is 189 Å². The molecule has 0 aromatic carbocycles. The number of amides is 5. The highest BCUT2D eigenvalue weighted by atomic mass is 16.6. The normalized spacial score (nSPS) is 22.2. The van der Waals surface area contributed by atoms with Gasteiger partial charge in [-0.25, -0.2) is 9.59 Å². The molecule has 4 N–H and O–H groups in total. The number of carbonyl (C=O) groups is 7. The van der Waals surface area contributed by atoms with Gasteiger partial charge in [0.15, 0.2) is 0 Å². The molecule has 0 bridgehead atoms. The summed E-state index contributed by atoms with van der Waals surface area (Å²) in [6.45, 7) is 17.3. The van der Waals surface area contributed by atoms with Crippen LogP contribution in [-0.2, 0) is 38.2 Å². The molecule has 1 saturated heterocycles. The van der Waals surface area contributed by atoms with Crippen molar-refractivity contribution in [3.63, 3.8) is 0 Å². The summed E-state index contributed by atoms with van der Waals surface area (Å²) in [6, 6.07) is -4.60. The number of rotatable bonds is 16. The average Bonchev–Trinajstić information content (AvgIpc) is 3.90. The lowest BCUT2D eigenvalue weighted by Gasteiger charge is -2.36. The van der Waals surface area contributed by atoms with E-state index in [4.69, 9.17) is 9.47 Å². The van der Waals surface area contributed by atoms with Crippen LogP contribution in [0, 0.1) is 34.5 Å². The lowest BCUT2D eigenvalue weighted by molar-refractivity contribution is -0.155. The van der Waals surface area contributed by atoms with Gasteiger partial charge in [-0.2, -0.15) is 0 Å². The second-order valence-corrected chi connectivity index (χ2v) is 18.8. The Balaban J connectivity index is 1.45. The lowest BCUT2D eigenvalue weighted by Crippen LogP contribution is -2.61. The maximum atomic E-state index is 14.5. The van der Waals surface area contributed by atoms with Crippen molar-refractivity contribution in [1.29, 1.82) is 0 Å². The predicted octanol–water partition coefficient (Wildman–Crippen LogP) is 3.40. The molecule has 1 heterocycles. The van der Waals surface area contributed by atoms with Crippen LogP contribution in [0.5, 0.6) is 0 Å². The van der Waals surface area contributed by atoms with Gasteiger partial charge in [-0.3, -0.25) is 24.0 Å². The summed E-state index contributed by atoms with van der Waals surface area (Å²) in [6.07, 6.45) is 5.89. The minimum absolute atomic E-state index is 0.0196. The Morgan fingerprint density at radius 1 is 0.792 bits per heavy atom. The summed E-state index contributed by atoms with van der Waals surface area (Å²) in [5.41, 5.74) is -1.74. The zero-order valence-electron chi connectivity index (χ0n) is 33.2. The number of urea groups is 1. The van der Waals surface area contributed by atoms with Gasteiger partial charge in [0.2, 0.25) is 17.6 Å². The van der Waals surface area contributed by atoms with Gasteiger partial charge in [0, 0.05) is 13.1 Å². The van der Waals surface area contributed by atoms with Crippen LogP contribution in [0.3, 0.4) is 0 Å². The molecule has 4 rings (SSSR count). The van der Waals surface area contributed by atoms with Crippen molar-refractivity contribution >= 4 is 41.5 Å². The molecule has 3 aliphatic carbocycles. The number of nitrogens with zero attached hydrogens (tertiary/aromatic N) is 1. The molecule has 0 radical (unpaired) electrons. The van der Waals surface area contributed by atoms with E-state index in [9.17, 15) is 33.6 Å². The Labute approximate surface area is 314 Å². The summed E-state index contributed by atoms with van der Waals surface area (Å²) in [7, 11) is 0. The Hall–Kier alpha value is -3.71. The van der Waals surface area contributed by atoms with Crippen LogP contribution in [0.15, 0.2) is 0 Å². The SMILES string of the molecule is CC(C)(C)OC(=O)CCNC(=O)C(=O)C(CC1CC1)NC(=O)[C@@H]1C[C@@H](C(C)(C)C)CN1C(=O)[C@@H](NC(=O)N[C@H](C(=O)OCC1CC1)C1CC1)C(C)(C)C. The van der Waals surface area contributed by atoms with E-state index in [-0.39, 0.29) is 49.1 Å². The van der Waals surface area contributed by atoms with E-state index in [1.54, 1.807) is 20.8 Å². The van der Waals surface area contributed by atoms with E-state index < -0.39 is 76.7 Å². The van der Waals surface area contributed by atoms with E-state index in [1.165, 1.54) is 4.90 Å². The minimum Gasteiger partial charge on any atom is -0.464 e. The van der Waals surface area contributed by atoms with Gasteiger partial charge < -0.3 is 35.6 Å². The molecule has 4 aliphatic rings. The molecule has 14 nitrogen and oxygen atoms in total. The summed E-state index contributed by atoms with van der Waals surface area (Å²) < 4.78 is 10.7. The van der Waals surface area contributed by atoms with Crippen molar-refractivity contribution in [3.05, 3.63) is 0 Å². The Morgan fingerprint density at radius 3 is 1.94 bits per heavy atom. The van der Waals surface area contributed by atoms with Crippen LogP contribution in [-0.4, -0.2) is 95.8 Å². The van der Waals surface area contributed by atoms with Gasteiger partial charge in [-0.15, -0.1) is 0 Å². The van der Waals surface area contributed by atoms with Crippen LogP contribution in [0.2, 0.25) is 0 Å². The van der Waals surface area contributed by atoms with Crippen molar-refractivity contribution in [2.24, 2.45) is 34.5 Å². The van der Waals surface area contributed by atoms with Crippen LogP contribution < -0.4 is 21.3 Å². The zero-order chi connectivity index (χ0) is 39.5. The van der Waals surface area contributed by atoms with E-state index >= 15 is 0 Å². The van der Waals surface area contributed by atoms with E-state index in [1.807, 2.05) is 41.5 Å². The molecule has 1 aliphatic heterocycles. The molecule has 4 fully saturated rings. The third kappa shape index (κ3) is 13.0. The fourth-order valence-corrected chi connectivity index (χ4v) is 6.56. The number of ketones is 1. The van der Waals surface area contributed by atoms with Crippen LogP contribution in [0.4, 0.5) is 4.79 Å². The summed E-state index contributed by atoms with van der Waals surface area (Å²) in [5.74, 6) is -3.24. The van der Waals surface area contributed by atoms with Crippen molar-refractivity contribution in [2.45, 2.75) is 150 Å². The molecule has 5 atom stereocenters. The lowest BCUT2D eigenvalue weighted by atomic mass is 9.79. The quantitative estimate of drug-likeness (QED) is 0.136. The summed E-state index contributed by atoms with van der Waals surface area (Å²) >= 11 is 0. The van der Waals surface area contributed by atoms with Crippen molar-refractivity contribution in [1.82, 2.24) is 26.2 Å². The molecule has 0 aromatic heterocycles. The van der Waals surface area contributed by atoms with Crippen molar-refractivity contribution in [3.8, 4) is 0 Å². The second kappa shape index (κ2) is 16.8. The molecule has 1 unspecified atom stereocenters. The number of carbonyl (C=O) groups excluding carboxylic acids is 7. The zero-order valence-corrected chi connectivity index (χ0v) is 33.2. The largest absolute Gasteiger partial charge is 0.464 e. The smallest absolute Gasteiger partial charge is 0.328 e. The second-order valence-electron chi connectivity index (χ2n) is 18.8. The first kappa shape index (κ1) is 42.0. The predicted molar refractivity (Wildman–Crippen MR) is 196 cm³/mol. The fourth-order valence-electron chi connectivity index (χ4n) is 6.56. The van der Waals surface area contributed by atoms with E-state index in [0.29, 0.717) is 18.9 Å². The standard InChI is InChI=1S/C39H63N5O9/c1-37(2,3)25-19-27(32(47)41-26(18-22-10-11-22)30(46)33(48)40-17-16-28(45)53-39(7,8)9)44(20-25)34(49)31(38(4,5)6)43-36(51)42-29(24-14-15-24)35(50)52-21-23-12-13-23/h22-27,29,31H,10-21H2,1-9H3,(H,40,48)(H,41,47)(H2,42,43,51)/t25-,26?,27+,29+,31-/m1/s1. The van der Waals surface area contributed by atoms with Crippen LogP contribution in [0.1, 0.15) is 120 Å². The summed E-state index contributed by atoms with van der Waals surface area (Å²) in [5, 5.41) is 10.9. The highest BCUT2D eigenvalue weighted by Crippen LogP contribution is 2.39. The number of esters is 2. The third-order valence-corrected chi connectivity index (χ3v) is 10.4. The third-order valence-electron chi connectivity index (χ3n) is 10.4. The fraction of sp³-hybridized carbons (Fsp3) is 0.821. The molecule has 0 spiro atoms. The van der Waals surface area contributed by atoms with Gasteiger partial charge in [-0.05, 0) is 93.8 Å². The molecule has 298 valence electrons. The molecule has 53 heavy (non-hydrogen) atoms. The molecular formula is C39H63N5O9.